The van der Waals surface area contributed by atoms with E-state index < -0.39 is 0 Å². The molecule has 1 aliphatic heterocycles. The quantitative estimate of drug-likeness (QED) is 0.772. The van der Waals surface area contributed by atoms with E-state index in [9.17, 15) is 4.79 Å². The molecule has 19 heavy (non-hydrogen) atoms. The molecule has 1 aliphatic rings. The molecule has 3 nitrogen and oxygen atoms in total. The first kappa shape index (κ1) is 14.4. The first-order chi connectivity index (χ1) is 9.19. The van der Waals surface area contributed by atoms with Gasteiger partial charge in [-0.1, -0.05) is 30.3 Å². The van der Waals surface area contributed by atoms with E-state index in [2.05, 4.69) is 29.2 Å². The molecule has 1 aromatic carbocycles. The van der Waals surface area contributed by atoms with Crippen molar-refractivity contribution in [2.75, 3.05) is 32.6 Å². The van der Waals surface area contributed by atoms with Gasteiger partial charge in [0.05, 0.1) is 0 Å². The molecule has 0 spiro atoms. The monoisotopic (exact) mass is 280 g/mol. The van der Waals surface area contributed by atoms with E-state index in [1.165, 1.54) is 5.56 Å². The van der Waals surface area contributed by atoms with Crippen molar-refractivity contribution in [1.82, 2.24) is 9.80 Å². The Balaban J connectivity index is 1.79. The maximum Gasteiger partial charge on any atom is 0.237 e. The van der Waals surface area contributed by atoms with Gasteiger partial charge in [-0.3, -0.25) is 9.69 Å². The summed E-state index contributed by atoms with van der Waals surface area (Å²) in [7, 11) is 1.84. The zero-order valence-corrected chi connectivity index (χ0v) is 12.1. The number of rotatable bonds is 5. The molecule has 0 N–H and O–H groups in total. The first-order valence-corrected chi connectivity index (χ1v) is 7.28. The second-order valence-electron chi connectivity index (χ2n) is 5.28. The van der Waals surface area contributed by atoms with Crippen LogP contribution >= 0.6 is 11.6 Å². The van der Waals surface area contributed by atoms with Crippen LogP contribution in [0.1, 0.15) is 12.0 Å². The fraction of sp³-hybridized carbons (Fsp3) is 0.533. The number of amides is 1. The minimum atomic E-state index is 0.0168. The average molecular weight is 281 g/mol. The number of hydrogen-bond donors (Lipinski definition) is 0. The number of nitrogens with zero attached hydrogens (tertiary/aromatic N) is 2. The van der Waals surface area contributed by atoms with Gasteiger partial charge >= 0.3 is 0 Å². The van der Waals surface area contributed by atoms with Crippen LogP contribution in [0.4, 0.5) is 0 Å². The topological polar surface area (TPSA) is 23.6 Å². The second kappa shape index (κ2) is 6.92. The van der Waals surface area contributed by atoms with Crippen molar-refractivity contribution in [3.05, 3.63) is 35.9 Å². The number of halogens is 1. The van der Waals surface area contributed by atoms with E-state index in [0.29, 0.717) is 5.92 Å². The average Bonchev–Trinajstić information content (AvgIpc) is 2.86. The lowest BCUT2D eigenvalue weighted by atomic mass is 10.1. The molecule has 0 bridgehead atoms. The molecule has 0 aromatic heterocycles. The van der Waals surface area contributed by atoms with E-state index in [0.717, 1.165) is 32.6 Å². The zero-order valence-electron chi connectivity index (χ0n) is 11.4. The van der Waals surface area contributed by atoms with Crippen LogP contribution < -0.4 is 0 Å². The second-order valence-corrected chi connectivity index (χ2v) is 5.55. The molecule has 0 aliphatic carbocycles. The molecule has 0 saturated carbocycles. The van der Waals surface area contributed by atoms with E-state index in [1.54, 1.807) is 4.90 Å². The highest BCUT2D eigenvalue weighted by molar-refractivity contribution is 6.27. The van der Waals surface area contributed by atoms with Gasteiger partial charge < -0.3 is 4.90 Å². The predicted octanol–water partition coefficient (Wildman–Crippen LogP) is 2.21. The van der Waals surface area contributed by atoms with Crippen LogP contribution in [0.3, 0.4) is 0 Å². The van der Waals surface area contributed by atoms with Crippen LogP contribution in [0.25, 0.3) is 0 Å². The third-order valence-corrected chi connectivity index (χ3v) is 3.92. The largest absolute Gasteiger partial charge is 0.344 e. The highest BCUT2D eigenvalue weighted by Gasteiger charge is 2.24. The Morgan fingerprint density at radius 2 is 2.16 bits per heavy atom. The number of carbonyl (C=O) groups excluding carboxylic acids is 1. The van der Waals surface area contributed by atoms with Crippen molar-refractivity contribution in [3.63, 3.8) is 0 Å². The van der Waals surface area contributed by atoms with Gasteiger partial charge in [0.1, 0.15) is 5.88 Å². The SMILES string of the molecule is CN(C[C@@H]1CCN(Cc2ccccc2)C1)C(=O)CCl. The molecule has 2 rings (SSSR count). The van der Waals surface area contributed by atoms with Crippen LogP contribution in [0.5, 0.6) is 0 Å². The molecule has 1 saturated heterocycles. The van der Waals surface area contributed by atoms with Gasteiger partial charge in [-0.2, -0.15) is 0 Å². The van der Waals surface area contributed by atoms with E-state index in [-0.39, 0.29) is 11.8 Å². The van der Waals surface area contributed by atoms with Gasteiger partial charge in [-0.05, 0) is 24.4 Å². The van der Waals surface area contributed by atoms with Crippen molar-refractivity contribution in [3.8, 4) is 0 Å². The summed E-state index contributed by atoms with van der Waals surface area (Å²) in [6.45, 7) is 4.00. The summed E-state index contributed by atoms with van der Waals surface area (Å²) in [5.41, 5.74) is 1.35. The minimum absolute atomic E-state index is 0.0168. The lowest BCUT2D eigenvalue weighted by Gasteiger charge is -2.21. The van der Waals surface area contributed by atoms with Crippen molar-refractivity contribution in [2.45, 2.75) is 13.0 Å². The van der Waals surface area contributed by atoms with Crippen LogP contribution in [-0.2, 0) is 11.3 Å². The zero-order chi connectivity index (χ0) is 13.7. The Hall–Kier alpha value is -1.06. The molecule has 1 aromatic rings. The Morgan fingerprint density at radius 1 is 1.42 bits per heavy atom. The maximum absolute atomic E-state index is 11.5. The van der Waals surface area contributed by atoms with Crippen LogP contribution in [-0.4, -0.2) is 48.3 Å². The van der Waals surface area contributed by atoms with Gasteiger partial charge in [0, 0.05) is 26.7 Å². The molecule has 1 amide bonds. The molecular formula is C15H21ClN2O. The molecule has 0 radical (unpaired) electrons. The van der Waals surface area contributed by atoms with Gasteiger partial charge in [-0.25, -0.2) is 0 Å². The summed E-state index contributed by atoms with van der Waals surface area (Å²) in [6.07, 6.45) is 1.16. The van der Waals surface area contributed by atoms with Gasteiger partial charge in [-0.15, -0.1) is 11.6 Å². The summed E-state index contributed by atoms with van der Waals surface area (Å²) < 4.78 is 0. The third-order valence-electron chi connectivity index (χ3n) is 3.69. The lowest BCUT2D eigenvalue weighted by molar-refractivity contribution is -0.127. The van der Waals surface area contributed by atoms with Crippen molar-refractivity contribution < 1.29 is 4.79 Å². The summed E-state index contributed by atoms with van der Waals surface area (Å²) in [6, 6.07) is 10.5. The molecule has 0 unspecified atom stereocenters. The highest BCUT2D eigenvalue weighted by atomic mass is 35.5. The lowest BCUT2D eigenvalue weighted by Crippen LogP contribution is -2.33. The normalized spacial score (nSPS) is 19.6. The van der Waals surface area contributed by atoms with Crippen LogP contribution in [0.2, 0.25) is 0 Å². The highest BCUT2D eigenvalue weighted by Crippen LogP contribution is 2.19. The molecule has 4 heteroatoms. The van der Waals surface area contributed by atoms with E-state index >= 15 is 0 Å². The third kappa shape index (κ3) is 4.22. The van der Waals surface area contributed by atoms with Crippen LogP contribution in [0, 0.1) is 5.92 Å². The van der Waals surface area contributed by atoms with Crippen molar-refractivity contribution >= 4 is 17.5 Å². The van der Waals surface area contributed by atoms with Gasteiger partial charge in [0.15, 0.2) is 0 Å². The smallest absolute Gasteiger partial charge is 0.237 e. The van der Waals surface area contributed by atoms with E-state index in [1.807, 2.05) is 13.1 Å². The summed E-state index contributed by atoms with van der Waals surface area (Å²) in [4.78, 5) is 15.7. The maximum atomic E-state index is 11.5. The Kier molecular flexibility index (Phi) is 5.23. The first-order valence-electron chi connectivity index (χ1n) is 6.75. The van der Waals surface area contributed by atoms with E-state index in [4.69, 9.17) is 11.6 Å². The summed E-state index contributed by atoms with van der Waals surface area (Å²) in [5.74, 6) is 0.667. The Morgan fingerprint density at radius 3 is 2.84 bits per heavy atom. The number of carbonyl (C=O) groups is 1. The minimum Gasteiger partial charge on any atom is -0.344 e. The fourth-order valence-corrected chi connectivity index (χ4v) is 2.84. The molecule has 1 heterocycles. The predicted molar refractivity (Wildman–Crippen MR) is 78.2 cm³/mol. The van der Waals surface area contributed by atoms with Crippen LogP contribution in [0.15, 0.2) is 30.3 Å². The molecule has 104 valence electrons. The van der Waals surface area contributed by atoms with Crippen molar-refractivity contribution in [1.29, 1.82) is 0 Å². The van der Waals surface area contributed by atoms with Gasteiger partial charge in [0.2, 0.25) is 5.91 Å². The summed E-state index contributed by atoms with van der Waals surface area (Å²) in [5, 5.41) is 0. The summed E-state index contributed by atoms with van der Waals surface area (Å²) >= 11 is 5.57. The van der Waals surface area contributed by atoms with Gasteiger partial charge in [0.25, 0.3) is 0 Å². The molecule has 1 fully saturated rings. The van der Waals surface area contributed by atoms with Crippen molar-refractivity contribution in [2.24, 2.45) is 5.92 Å². The fourth-order valence-electron chi connectivity index (χ4n) is 2.64. The Labute approximate surface area is 120 Å². The Bertz CT molecular complexity index is 410. The standard InChI is InChI=1S/C15H21ClN2O/c1-17(15(19)9-16)10-14-7-8-18(12-14)11-13-5-3-2-4-6-13/h2-6,14H,7-12H2,1H3/t14-/m0/s1. The number of benzene rings is 1. The molecule has 1 atom stereocenters. The number of hydrogen-bond acceptors (Lipinski definition) is 2. The molecular weight excluding hydrogens is 260 g/mol. The number of alkyl halides is 1. The number of likely N-dealkylation sites (tertiary alicyclic amines) is 1.